The maximum absolute atomic E-state index is 13.0. The molecule has 0 spiro atoms. The van der Waals surface area contributed by atoms with Crippen molar-refractivity contribution in [1.29, 1.82) is 0 Å². The second-order valence-electron chi connectivity index (χ2n) is 5.88. The summed E-state index contributed by atoms with van der Waals surface area (Å²) in [6.07, 6.45) is -3.22. The SMILES string of the molecule is O=C(O)c1ccc(-n2[nH]c3c(cnc4ccc(C(F)(F)F)cc43)c2=O)cc1. The van der Waals surface area contributed by atoms with Gasteiger partial charge in [-0.15, -0.1) is 0 Å². The molecule has 2 aromatic heterocycles. The molecule has 27 heavy (non-hydrogen) atoms. The van der Waals surface area contributed by atoms with Crippen LogP contribution in [0.2, 0.25) is 0 Å². The number of aromatic nitrogens is 3. The number of H-pyrrole nitrogens is 1. The quantitative estimate of drug-likeness (QED) is 0.562. The van der Waals surface area contributed by atoms with Crippen molar-refractivity contribution in [1.82, 2.24) is 14.8 Å². The number of carbonyl (C=O) groups is 1. The predicted molar refractivity (Wildman–Crippen MR) is 91.2 cm³/mol. The molecule has 2 heterocycles. The summed E-state index contributed by atoms with van der Waals surface area (Å²) in [4.78, 5) is 27.6. The van der Waals surface area contributed by atoms with E-state index < -0.39 is 23.3 Å². The highest BCUT2D eigenvalue weighted by Gasteiger charge is 2.30. The number of aromatic carboxylic acids is 1. The number of hydrogen-bond donors (Lipinski definition) is 2. The summed E-state index contributed by atoms with van der Waals surface area (Å²) in [6, 6.07) is 8.63. The Morgan fingerprint density at radius 3 is 2.41 bits per heavy atom. The molecule has 136 valence electrons. The van der Waals surface area contributed by atoms with E-state index in [4.69, 9.17) is 5.11 Å². The van der Waals surface area contributed by atoms with Gasteiger partial charge in [0.1, 0.15) is 0 Å². The van der Waals surface area contributed by atoms with Crippen molar-refractivity contribution in [3.63, 3.8) is 0 Å². The Morgan fingerprint density at radius 1 is 1.07 bits per heavy atom. The highest BCUT2D eigenvalue weighted by atomic mass is 19.4. The van der Waals surface area contributed by atoms with Crippen LogP contribution in [0.3, 0.4) is 0 Å². The molecule has 4 aromatic rings. The van der Waals surface area contributed by atoms with Crippen LogP contribution in [0.4, 0.5) is 13.2 Å². The number of nitrogens with one attached hydrogen (secondary N) is 1. The van der Waals surface area contributed by atoms with Crippen LogP contribution in [0.1, 0.15) is 15.9 Å². The van der Waals surface area contributed by atoms with Crippen LogP contribution in [0.25, 0.3) is 27.5 Å². The summed E-state index contributed by atoms with van der Waals surface area (Å²) < 4.78 is 40.2. The first-order valence-corrected chi connectivity index (χ1v) is 7.70. The summed E-state index contributed by atoms with van der Waals surface area (Å²) in [5.74, 6) is -1.11. The Balaban J connectivity index is 1.96. The fraction of sp³-hybridized carbons (Fsp3) is 0.0556. The Morgan fingerprint density at radius 2 is 1.78 bits per heavy atom. The van der Waals surface area contributed by atoms with Crippen LogP contribution in [0, 0.1) is 0 Å². The van der Waals surface area contributed by atoms with Gasteiger partial charge in [-0.05, 0) is 42.5 Å². The molecular weight excluding hydrogens is 363 g/mol. The molecule has 0 amide bonds. The molecule has 0 saturated carbocycles. The van der Waals surface area contributed by atoms with Crippen molar-refractivity contribution in [3.05, 3.63) is 70.1 Å². The number of carboxylic acid groups (broad SMARTS) is 1. The maximum atomic E-state index is 13.0. The highest BCUT2D eigenvalue weighted by molar-refractivity contribution is 6.03. The van der Waals surface area contributed by atoms with Crippen molar-refractivity contribution >= 4 is 27.8 Å². The smallest absolute Gasteiger partial charge is 0.416 e. The molecule has 2 N–H and O–H groups in total. The van der Waals surface area contributed by atoms with Crippen molar-refractivity contribution in [3.8, 4) is 5.69 Å². The standard InChI is InChI=1S/C18H10F3N3O3/c19-18(20,21)10-3-6-14-12(7-10)15-13(8-22-14)16(25)24(23-15)11-4-1-9(2-5-11)17(26)27/h1-8,23H,(H,26,27). The largest absolute Gasteiger partial charge is 0.478 e. The molecule has 9 heteroatoms. The Labute approximate surface area is 148 Å². The van der Waals surface area contributed by atoms with Gasteiger partial charge in [-0.1, -0.05) is 0 Å². The maximum Gasteiger partial charge on any atom is 0.416 e. The lowest BCUT2D eigenvalue weighted by Gasteiger charge is -2.07. The first-order chi connectivity index (χ1) is 12.8. The van der Waals surface area contributed by atoms with Crippen LogP contribution in [-0.2, 0) is 6.18 Å². The van der Waals surface area contributed by atoms with E-state index in [1.807, 2.05) is 0 Å². The number of fused-ring (bicyclic) bond motifs is 3. The first kappa shape index (κ1) is 16.8. The van der Waals surface area contributed by atoms with E-state index in [0.29, 0.717) is 11.2 Å². The zero-order valence-corrected chi connectivity index (χ0v) is 13.4. The molecule has 0 bridgehead atoms. The Hall–Kier alpha value is -3.62. The van der Waals surface area contributed by atoms with E-state index in [-0.39, 0.29) is 21.9 Å². The van der Waals surface area contributed by atoms with Gasteiger partial charge < -0.3 is 5.11 Å². The van der Waals surface area contributed by atoms with Gasteiger partial charge in [0.25, 0.3) is 5.56 Å². The molecule has 0 atom stereocenters. The van der Waals surface area contributed by atoms with E-state index in [2.05, 4.69) is 10.1 Å². The summed E-state index contributed by atoms with van der Waals surface area (Å²) in [7, 11) is 0. The monoisotopic (exact) mass is 373 g/mol. The van der Waals surface area contributed by atoms with E-state index in [0.717, 1.165) is 16.8 Å². The van der Waals surface area contributed by atoms with Gasteiger partial charge in [0.15, 0.2) is 0 Å². The molecule has 0 aliphatic rings. The summed E-state index contributed by atoms with van der Waals surface area (Å²) in [5, 5.41) is 12.0. The molecular formula is C18H10F3N3O3. The molecule has 4 rings (SSSR count). The second-order valence-corrected chi connectivity index (χ2v) is 5.88. The number of hydrogen-bond acceptors (Lipinski definition) is 3. The highest BCUT2D eigenvalue weighted by Crippen LogP contribution is 2.32. The van der Waals surface area contributed by atoms with E-state index in [9.17, 15) is 22.8 Å². The number of nitrogens with zero attached hydrogens (tertiary/aromatic N) is 2. The van der Waals surface area contributed by atoms with E-state index in [1.54, 1.807) is 0 Å². The zero-order chi connectivity index (χ0) is 19.3. The third kappa shape index (κ3) is 2.73. The zero-order valence-electron chi connectivity index (χ0n) is 13.4. The number of alkyl halides is 3. The lowest BCUT2D eigenvalue weighted by Crippen LogP contribution is -2.14. The van der Waals surface area contributed by atoms with Crippen LogP contribution in [0.5, 0.6) is 0 Å². The van der Waals surface area contributed by atoms with Gasteiger partial charge in [0.2, 0.25) is 0 Å². The lowest BCUT2D eigenvalue weighted by atomic mass is 10.1. The number of halogens is 3. The number of benzene rings is 2. The van der Waals surface area contributed by atoms with Crippen LogP contribution >= 0.6 is 0 Å². The van der Waals surface area contributed by atoms with Crippen molar-refractivity contribution in [2.75, 3.05) is 0 Å². The average molecular weight is 373 g/mol. The summed E-state index contributed by atoms with van der Waals surface area (Å²) >= 11 is 0. The van der Waals surface area contributed by atoms with Gasteiger partial charge in [0.05, 0.1) is 33.2 Å². The van der Waals surface area contributed by atoms with Crippen LogP contribution in [0.15, 0.2) is 53.5 Å². The number of rotatable bonds is 2. The molecule has 0 fully saturated rings. The molecule has 2 aromatic carbocycles. The van der Waals surface area contributed by atoms with Gasteiger partial charge in [-0.25, -0.2) is 9.48 Å². The van der Waals surface area contributed by atoms with Gasteiger partial charge in [0, 0.05) is 11.6 Å². The predicted octanol–water partition coefficient (Wildman–Crippen LogP) is 3.58. The fourth-order valence-electron chi connectivity index (χ4n) is 2.87. The first-order valence-electron chi connectivity index (χ1n) is 7.70. The molecule has 0 aliphatic carbocycles. The topological polar surface area (TPSA) is 88.0 Å². The summed E-state index contributed by atoms with van der Waals surface area (Å²) in [5.41, 5.74) is -0.418. The van der Waals surface area contributed by atoms with Gasteiger partial charge in [-0.2, -0.15) is 13.2 Å². The minimum Gasteiger partial charge on any atom is -0.478 e. The lowest BCUT2D eigenvalue weighted by molar-refractivity contribution is -0.137. The fourth-order valence-corrected chi connectivity index (χ4v) is 2.87. The average Bonchev–Trinajstić information content (AvgIpc) is 2.98. The van der Waals surface area contributed by atoms with Crippen molar-refractivity contribution < 1.29 is 23.1 Å². The van der Waals surface area contributed by atoms with Gasteiger partial charge >= 0.3 is 12.1 Å². The Kier molecular flexibility index (Phi) is 3.55. The number of carboxylic acids is 1. The van der Waals surface area contributed by atoms with Gasteiger partial charge in [-0.3, -0.25) is 14.9 Å². The molecule has 0 radical (unpaired) electrons. The molecule has 6 nitrogen and oxygen atoms in total. The van der Waals surface area contributed by atoms with Crippen molar-refractivity contribution in [2.45, 2.75) is 6.18 Å². The summed E-state index contributed by atoms with van der Waals surface area (Å²) in [6.45, 7) is 0. The molecule has 0 aliphatic heterocycles. The minimum atomic E-state index is -4.52. The second kappa shape index (κ2) is 5.70. The third-order valence-corrected chi connectivity index (χ3v) is 4.22. The molecule has 0 saturated heterocycles. The third-order valence-electron chi connectivity index (χ3n) is 4.22. The number of aromatic amines is 1. The number of pyridine rings is 1. The molecule has 0 unspecified atom stereocenters. The van der Waals surface area contributed by atoms with Crippen molar-refractivity contribution in [2.24, 2.45) is 0 Å². The van der Waals surface area contributed by atoms with Crippen LogP contribution in [-0.4, -0.2) is 25.8 Å². The minimum absolute atomic E-state index is 0.0462. The van der Waals surface area contributed by atoms with Crippen LogP contribution < -0.4 is 5.56 Å². The van der Waals surface area contributed by atoms with E-state index >= 15 is 0 Å². The van der Waals surface area contributed by atoms with E-state index in [1.165, 1.54) is 36.5 Å². The Bertz CT molecular complexity index is 1250. The normalized spacial score (nSPS) is 12.0.